The van der Waals surface area contributed by atoms with E-state index >= 15 is 0 Å². The van der Waals surface area contributed by atoms with E-state index < -0.39 is 11.8 Å². The van der Waals surface area contributed by atoms with Crippen LogP contribution in [-0.4, -0.2) is 18.0 Å². The van der Waals surface area contributed by atoms with Crippen LogP contribution >= 0.6 is 0 Å². The van der Waals surface area contributed by atoms with Crippen LogP contribution in [0.5, 0.6) is 11.5 Å². The summed E-state index contributed by atoms with van der Waals surface area (Å²) in [4.78, 5) is 23.8. The summed E-state index contributed by atoms with van der Waals surface area (Å²) in [6.07, 6.45) is 1.47. The maximum absolute atomic E-state index is 11.9. The number of carbonyl (C=O) groups excluding carboxylic acids is 2. The second kappa shape index (κ2) is 9.14. The Morgan fingerprint density at radius 2 is 1.46 bits per heavy atom. The van der Waals surface area contributed by atoms with Crippen LogP contribution < -0.4 is 15.5 Å². The summed E-state index contributed by atoms with van der Waals surface area (Å²) < 4.78 is 5.68. The molecule has 0 heterocycles. The highest BCUT2D eigenvalue weighted by atomic mass is 16.5. The van der Waals surface area contributed by atoms with E-state index in [0.29, 0.717) is 17.2 Å². The minimum absolute atomic E-state index is 0.475. The Kier molecular flexibility index (Phi) is 6.15. The SMILES string of the molecule is Cc1ccc(/C=N\NC(=O)C(=O)Nc2ccc(Oc3ccccc3)cc2)cc1. The molecule has 0 spiro atoms. The van der Waals surface area contributed by atoms with Crippen molar-refractivity contribution in [2.45, 2.75) is 6.92 Å². The molecule has 140 valence electrons. The highest BCUT2D eigenvalue weighted by Crippen LogP contribution is 2.22. The standard InChI is InChI=1S/C22H19N3O3/c1-16-7-9-17(10-8-16)15-23-25-22(27)21(26)24-18-11-13-20(14-12-18)28-19-5-3-2-4-6-19/h2-15H,1H3,(H,24,26)(H,25,27)/b23-15-. The summed E-state index contributed by atoms with van der Waals surface area (Å²) >= 11 is 0. The fourth-order valence-electron chi connectivity index (χ4n) is 2.29. The molecule has 0 aliphatic heterocycles. The van der Waals surface area contributed by atoms with Gasteiger partial charge in [-0.25, -0.2) is 5.43 Å². The molecule has 0 fully saturated rings. The van der Waals surface area contributed by atoms with Gasteiger partial charge in [0.25, 0.3) is 0 Å². The number of hydrazone groups is 1. The molecule has 28 heavy (non-hydrogen) atoms. The van der Waals surface area contributed by atoms with Crippen LogP contribution in [0.1, 0.15) is 11.1 Å². The molecule has 3 aromatic rings. The highest BCUT2D eigenvalue weighted by molar-refractivity contribution is 6.39. The lowest BCUT2D eigenvalue weighted by atomic mass is 10.2. The molecule has 3 aromatic carbocycles. The third kappa shape index (κ3) is 5.54. The third-order valence-electron chi connectivity index (χ3n) is 3.75. The predicted octanol–water partition coefficient (Wildman–Crippen LogP) is 3.88. The Balaban J connectivity index is 1.50. The molecule has 6 heteroatoms. The van der Waals surface area contributed by atoms with Crippen molar-refractivity contribution in [3.05, 3.63) is 90.0 Å². The number of amides is 2. The summed E-state index contributed by atoms with van der Waals surface area (Å²) in [6.45, 7) is 1.98. The minimum Gasteiger partial charge on any atom is -0.457 e. The maximum atomic E-state index is 11.9. The van der Waals surface area contributed by atoms with Crippen LogP contribution in [0, 0.1) is 6.92 Å². The van der Waals surface area contributed by atoms with Gasteiger partial charge in [0.1, 0.15) is 11.5 Å². The van der Waals surface area contributed by atoms with Crippen molar-refractivity contribution in [1.82, 2.24) is 5.43 Å². The second-order valence-corrected chi connectivity index (χ2v) is 6.00. The molecule has 0 bridgehead atoms. The van der Waals surface area contributed by atoms with Crippen LogP contribution in [0.15, 0.2) is 84.0 Å². The zero-order chi connectivity index (χ0) is 19.8. The van der Waals surface area contributed by atoms with Gasteiger partial charge in [0, 0.05) is 5.69 Å². The molecule has 0 saturated carbocycles. The van der Waals surface area contributed by atoms with Crippen molar-refractivity contribution in [2.24, 2.45) is 5.10 Å². The number of anilines is 1. The van der Waals surface area contributed by atoms with E-state index in [1.54, 1.807) is 24.3 Å². The Morgan fingerprint density at radius 3 is 2.14 bits per heavy atom. The van der Waals surface area contributed by atoms with Crippen LogP contribution in [0.4, 0.5) is 5.69 Å². The average molecular weight is 373 g/mol. The van der Waals surface area contributed by atoms with E-state index in [0.717, 1.165) is 11.1 Å². The van der Waals surface area contributed by atoms with Crippen molar-refractivity contribution in [1.29, 1.82) is 0 Å². The molecule has 0 aliphatic rings. The van der Waals surface area contributed by atoms with Crippen LogP contribution in [0.25, 0.3) is 0 Å². The number of aryl methyl sites for hydroxylation is 1. The molecule has 0 aliphatic carbocycles. The van der Waals surface area contributed by atoms with Gasteiger partial charge in [0.2, 0.25) is 0 Å². The fourth-order valence-corrected chi connectivity index (χ4v) is 2.29. The summed E-state index contributed by atoms with van der Waals surface area (Å²) in [5.41, 5.74) is 4.62. The lowest BCUT2D eigenvalue weighted by Crippen LogP contribution is -2.32. The van der Waals surface area contributed by atoms with Gasteiger partial charge in [0.05, 0.1) is 6.21 Å². The number of benzene rings is 3. The number of hydrogen-bond donors (Lipinski definition) is 2. The smallest absolute Gasteiger partial charge is 0.329 e. The van der Waals surface area contributed by atoms with Crippen molar-refractivity contribution < 1.29 is 14.3 Å². The summed E-state index contributed by atoms with van der Waals surface area (Å²) in [5, 5.41) is 6.30. The number of para-hydroxylation sites is 1. The highest BCUT2D eigenvalue weighted by Gasteiger charge is 2.12. The van der Waals surface area contributed by atoms with Gasteiger partial charge < -0.3 is 10.1 Å². The predicted molar refractivity (Wildman–Crippen MR) is 109 cm³/mol. The molecule has 0 unspecified atom stereocenters. The first-order valence-electron chi connectivity index (χ1n) is 8.64. The normalized spacial score (nSPS) is 10.5. The Bertz CT molecular complexity index is 966. The minimum atomic E-state index is -0.854. The van der Waals surface area contributed by atoms with Crippen molar-refractivity contribution >= 4 is 23.7 Å². The molecule has 2 amide bonds. The second-order valence-electron chi connectivity index (χ2n) is 6.00. The van der Waals surface area contributed by atoms with Crippen LogP contribution in [0.2, 0.25) is 0 Å². The van der Waals surface area contributed by atoms with Gasteiger partial charge >= 0.3 is 11.8 Å². The summed E-state index contributed by atoms with van der Waals surface area (Å²) in [5.74, 6) is -0.327. The zero-order valence-electron chi connectivity index (χ0n) is 15.3. The van der Waals surface area contributed by atoms with Crippen molar-refractivity contribution in [3.8, 4) is 11.5 Å². The Morgan fingerprint density at radius 1 is 0.821 bits per heavy atom. The molecule has 0 aromatic heterocycles. The Labute approximate surface area is 162 Å². The van der Waals surface area contributed by atoms with Gasteiger partial charge in [-0.3, -0.25) is 9.59 Å². The summed E-state index contributed by atoms with van der Waals surface area (Å²) in [7, 11) is 0. The average Bonchev–Trinajstić information content (AvgIpc) is 2.71. The van der Waals surface area contributed by atoms with Gasteiger partial charge in [-0.05, 0) is 48.9 Å². The van der Waals surface area contributed by atoms with Crippen molar-refractivity contribution in [2.75, 3.05) is 5.32 Å². The van der Waals surface area contributed by atoms with Gasteiger partial charge in [-0.1, -0.05) is 48.0 Å². The van der Waals surface area contributed by atoms with E-state index in [4.69, 9.17) is 4.74 Å². The monoisotopic (exact) mass is 373 g/mol. The molecule has 6 nitrogen and oxygen atoms in total. The van der Waals surface area contributed by atoms with E-state index in [-0.39, 0.29) is 0 Å². The Hall–Kier alpha value is -3.93. The number of ether oxygens (including phenoxy) is 1. The van der Waals surface area contributed by atoms with Gasteiger partial charge in [-0.2, -0.15) is 5.10 Å². The van der Waals surface area contributed by atoms with Crippen LogP contribution in [-0.2, 0) is 9.59 Å². The van der Waals surface area contributed by atoms with Crippen molar-refractivity contribution in [3.63, 3.8) is 0 Å². The first kappa shape index (κ1) is 18.8. The maximum Gasteiger partial charge on any atom is 0.329 e. The zero-order valence-corrected chi connectivity index (χ0v) is 15.3. The lowest BCUT2D eigenvalue weighted by Gasteiger charge is -2.07. The molecule has 0 saturated heterocycles. The van der Waals surface area contributed by atoms with E-state index in [1.807, 2.05) is 61.5 Å². The summed E-state index contributed by atoms with van der Waals surface area (Å²) in [6, 6.07) is 23.7. The first-order chi connectivity index (χ1) is 13.6. The number of nitrogens with one attached hydrogen (secondary N) is 2. The number of nitrogens with zero attached hydrogens (tertiary/aromatic N) is 1. The molecule has 3 rings (SSSR count). The van der Waals surface area contributed by atoms with E-state index in [9.17, 15) is 9.59 Å². The van der Waals surface area contributed by atoms with E-state index in [2.05, 4.69) is 15.8 Å². The number of rotatable bonds is 5. The molecular formula is C22H19N3O3. The number of carbonyl (C=O) groups is 2. The lowest BCUT2D eigenvalue weighted by molar-refractivity contribution is -0.136. The van der Waals surface area contributed by atoms with Gasteiger partial charge in [-0.15, -0.1) is 0 Å². The van der Waals surface area contributed by atoms with E-state index in [1.165, 1.54) is 6.21 Å². The molecule has 0 atom stereocenters. The first-order valence-corrected chi connectivity index (χ1v) is 8.64. The fraction of sp³-hybridized carbons (Fsp3) is 0.0455. The van der Waals surface area contributed by atoms with Crippen LogP contribution in [0.3, 0.4) is 0 Å². The third-order valence-corrected chi connectivity index (χ3v) is 3.75. The molecule has 2 N–H and O–H groups in total. The quantitative estimate of drug-likeness (QED) is 0.405. The molecular weight excluding hydrogens is 354 g/mol. The molecule has 0 radical (unpaired) electrons. The topological polar surface area (TPSA) is 79.8 Å². The largest absolute Gasteiger partial charge is 0.457 e. The van der Waals surface area contributed by atoms with Gasteiger partial charge in [0.15, 0.2) is 0 Å². The number of hydrogen-bond acceptors (Lipinski definition) is 4.